The van der Waals surface area contributed by atoms with Crippen LogP contribution >= 0.6 is 11.6 Å². The molecule has 1 unspecified atom stereocenters. The first-order valence-corrected chi connectivity index (χ1v) is 11.4. The SMILES string of the molecule is O=C(CCC1NC(=O)N(CCc2c[nH]c3ccc(Cl)cc23)C1=O)Nc1ccc2c(c1)OCCO2. The number of imide groups is 1. The largest absolute Gasteiger partial charge is 0.486 e. The fourth-order valence-electron chi connectivity index (χ4n) is 4.19. The van der Waals surface area contributed by atoms with Gasteiger partial charge in [0.25, 0.3) is 5.91 Å². The number of benzene rings is 2. The molecule has 5 rings (SSSR count). The van der Waals surface area contributed by atoms with Crippen LogP contribution in [-0.4, -0.2) is 53.5 Å². The molecule has 2 aliphatic rings. The van der Waals surface area contributed by atoms with Crippen LogP contribution < -0.4 is 20.1 Å². The Kier molecular flexibility index (Phi) is 6.02. The van der Waals surface area contributed by atoms with Crippen molar-refractivity contribution in [2.45, 2.75) is 25.3 Å². The van der Waals surface area contributed by atoms with Gasteiger partial charge in [-0.2, -0.15) is 0 Å². The topological polar surface area (TPSA) is 113 Å². The van der Waals surface area contributed by atoms with Crippen LogP contribution in [0.15, 0.2) is 42.6 Å². The molecule has 2 aliphatic heterocycles. The summed E-state index contributed by atoms with van der Waals surface area (Å²) in [6.45, 7) is 1.19. The zero-order valence-corrected chi connectivity index (χ0v) is 19.0. The lowest BCUT2D eigenvalue weighted by molar-refractivity contribution is -0.127. The number of fused-ring (bicyclic) bond motifs is 2. The minimum absolute atomic E-state index is 0.0832. The molecule has 4 amide bonds. The van der Waals surface area contributed by atoms with Crippen molar-refractivity contribution in [3.05, 3.63) is 53.2 Å². The van der Waals surface area contributed by atoms with Crippen molar-refractivity contribution in [2.24, 2.45) is 0 Å². The van der Waals surface area contributed by atoms with Crippen molar-refractivity contribution in [3.63, 3.8) is 0 Å². The van der Waals surface area contributed by atoms with E-state index in [0.29, 0.717) is 41.8 Å². The van der Waals surface area contributed by atoms with Crippen molar-refractivity contribution < 1.29 is 23.9 Å². The van der Waals surface area contributed by atoms with E-state index in [-0.39, 0.29) is 31.2 Å². The molecule has 0 radical (unpaired) electrons. The minimum atomic E-state index is -0.726. The van der Waals surface area contributed by atoms with Gasteiger partial charge in [-0.3, -0.25) is 14.5 Å². The van der Waals surface area contributed by atoms with E-state index in [1.807, 2.05) is 18.3 Å². The average molecular weight is 483 g/mol. The lowest BCUT2D eigenvalue weighted by Gasteiger charge is -2.19. The number of nitrogens with one attached hydrogen (secondary N) is 3. The molecule has 0 bridgehead atoms. The Labute approximate surface area is 200 Å². The lowest BCUT2D eigenvalue weighted by atomic mass is 10.1. The van der Waals surface area contributed by atoms with Crippen molar-refractivity contribution in [1.29, 1.82) is 0 Å². The van der Waals surface area contributed by atoms with E-state index in [0.717, 1.165) is 16.5 Å². The maximum Gasteiger partial charge on any atom is 0.324 e. The average Bonchev–Trinajstić information content (AvgIpc) is 3.35. The predicted molar refractivity (Wildman–Crippen MR) is 126 cm³/mol. The molecule has 0 spiro atoms. The summed E-state index contributed by atoms with van der Waals surface area (Å²) in [5, 5.41) is 7.06. The van der Waals surface area contributed by atoms with Crippen molar-refractivity contribution in [3.8, 4) is 11.5 Å². The molecule has 10 heteroatoms. The third-order valence-electron chi connectivity index (χ3n) is 5.93. The molecule has 3 aromatic rings. The Balaban J connectivity index is 1.14. The first kappa shape index (κ1) is 22.1. The van der Waals surface area contributed by atoms with E-state index in [2.05, 4.69) is 15.6 Å². The highest BCUT2D eigenvalue weighted by atomic mass is 35.5. The van der Waals surface area contributed by atoms with Gasteiger partial charge in [-0.15, -0.1) is 0 Å². The van der Waals surface area contributed by atoms with E-state index in [4.69, 9.17) is 21.1 Å². The van der Waals surface area contributed by atoms with Crippen LogP contribution in [0, 0.1) is 0 Å². The standard InChI is InChI=1S/C24H23ClN4O5/c25-15-1-3-18-17(11-15)14(13-26-18)7-8-29-23(31)19(28-24(29)32)4-6-22(30)27-16-2-5-20-21(12-16)34-10-9-33-20/h1-3,5,11-13,19,26H,4,6-10H2,(H,27,30)(H,28,32). The molecule has 0 aliphatic carbocycles. The van der Waals surface area contributed by atoms with Gasteiger partial charge in [0.05, 0.1) is 0 Å². The van der Waals surface area contributed by atoms with Crippen LogP contribution in [-0.2, 0) is 16.0 Å². The van der Waals surface area contributed by atoms with Gasteiger partial charge in [0.1, 0.15) is 19.3 Å². The molecule has 1 fully saturated rings. The number of hydrogen-bond donors (Lipinski definition) is 3. The smallest absolute Gasteiger partial charge is 0.324 e. The van der Waals surface area contributed by atoms with E-state index >= 15 is 0 Å². The molecule has 176 valence electrons. The summed E-state index contributed by atoms with van der Waals surface area (Å²) in [6.07, 6.45) is 2.65. The minimum Gasteiger partial charge on any atom is -0.486 e. The van der Waals surface area contributed by atoms with Gasteiger partial charge in [0, 0.05) is 46.8 Å². The molecule has 9 nitrogen and oxygen atoms in total. The van der Waals surface area contributed by atoms with Gasteiger partial charge in [-0.05, 0) is 48.7 Å². The molecule has 3 N–H and O–H groups in total. The number of ether oxygens (including phenoxy) is 2. The maximum absolute atomic E-state index is 12.8. The summed E-state index contributed by atoms with van der Waals surface area (Å²) in [4.78, 5) is 41.9. The quantitative estimate of drug-likeness (QED) is 0.446. The fourth-order valence-corrected chi connectivity index (χ4v) is 4.37. The molecule has 1 aromatic heterocycles. The van der Waals surface area contributed by atoms with Crippen molar-refractivity contribution in [1.82, 2.24) is 15.2 Å². The number of hydrogen-bond acceptors (Lipinski definition) is 5. The third-order valence-corrected chi connectivity index (χ3v) is 6.16. The van der Waals surface area contributed by atoms with Gasteiger partial charge in [-0.1, -0.05) is 11.6 Å². The van der Waals surface area contributed by atoms with Crippen LogP contribution in [0.25, 0.3) is 10.9 Å². The zero-order valence-electron chi connectivity index (χ0n) is 18.2. The number of carbonyl (C=O) groups excluding carboxylic acids is 3. The summed E-state index contributed by atoms with van der Waals surface area (Å²) >= 11 is 6.10. The number of aromatic nitrogens is 1. The van der Waals surface area contributed by atoms with Gasteiger partial charge in [-0.25, -0.2) is 4.79 Å². The molecule has 0 saturated carbocycles. The second kappa shape index (κ2) is 9.26. The second-order valence-electron chi connectivity index (χ2n) is 8.19. The van der Waals surface area contributed by atoms with Crippen LogP contribution in [0.4, 0.5) is 10.5 Å². The molecular formula is C24H23ClN4O5. The monoisotopic (exact) mass is 482 g/mol. The molecular weight excluding hydrogens is 460 g/mol. The highest BCUT2D eigenvalue weighted by molar-refractivity contribution is 6.31. The lowest BCUT2D eigenvalue weighted by Crippen LogP contribution is -2.33. The van der Waals surface area contributed by atoms with E-state index in [9.17, 15) is 14.4 Å². The summed E-state index contributed by atoms with van der Waals surface area (Å²) < 4.78 is 11.0. The van der Waals surface area contributed by atoms with Gasteiger partial charge >= 0.3 is 6.03 Å². The normalized spacial score (nSPS) is 17.2. The van der Waals surface area contributed by atoms with E-state index in [1.165, 1.54) is 4.90 Å². The van der Waals surface area contributed by atoms with Gasteiger partial charge in [0.2, 0.25) is 5.91 Å². The van der Waals surface area contributed by atoms with Crippen LogP contribution in [0.2, 0.25) is 5.02 Å². The van der Waals surface area contributed by atoms with Crippen LogP contribution in [0.1, 0.15) is 18.4 Å². The number of carbonyl (C=O) groups is 3. The number of halogens is 1. The summed E-state index contributed by atoms with van der Waals surface area (Å²) in [7, 11) is 0. The molecule has 2 aromatic carbocycles. The van der Waals surface area contributed by atoms with Crippen molar-refractivity contribution in [2.75, 3.05) is 25.1 Å². The van der Waals surface area contributed by atoms with E-state index < -0.39 is 12.1 Å². The molecule has 34 heavy (non-hydrogen) atoms. The Bertz CT molecular complexity index is 1270. The number of urea groups is 1. The molecule has 1 atom stereocenters. The summed E-state index contributed by atoms with van der Waals surface area (Å²) in [5.74, 6) is 0.637. The number of nitrogens with zero attached hydrogens (tertiary/aromatic N) is 1. The third kappa shape index (κ3) is 4.51. The Morgan fingerprint density at radius 2 is 1.94 bits per heavy atom. The Morgan fingerprint density at radius 1 is 1.12 bits per heavy atom. The molecule has 1 saturated heterocycles. The predicted octanol–water partition coefficient (Wildman–Crippen LogP) is 3.47. The van der Waals surface area contributed by atoms with Gasteiger partial charge < -0.3 is 25.1 Å². The van der Waals surface area contributed by atoms with E-state index in [1.54, 1.807) is 24.3 Å². The highest BCUT2D eigenvalue weighted by Gasteiger charge is 2.37. The Morgan fingerprint density at radius 3 is 2.79 bits per heavy atom. The fraction of sp³-hybridized carbons (Fsp3) is 0.292. The molecule has 3 heterocycles. The summed E-state index contributed by atoms with van der Waals surface area (Å²) in [5.41, 5.74) is 2.50. The van der Waals surface area contributed by atoms with Gasteiger partial charge in [0.15, 0.2) is 11.5 Å². The van der Waals surface area contributed by atoms with Crippen molar-refractivity contribution >= 4 is 46.0 Å². The second-order valence-corrected chi connectivity index (χ2v) is 8.63. The number of anilines is 1. The highest BCUT2D eigenvalue weighted by Crippen LogP contribution is 2.32. The first-order valence-electron chi connectivity index (χ1n) is 11.0. The first-order chi connectivity index (χ1) is 16.5. The number of H-pyrrole nitrogens is 1. The van der Waals surface area contributed by atoms with Crippen LogP contribution in [0.3, 0.4) is 0 Å². The van der Waals surface area contributed by atoms with Crippen LogP contribution in [0.5, 0.6) is 11.5 Å². The number of rotatable bonds is 7. The maximum atomic E-state index is 12.8. The Hall–Kier alpha value is -3.72. The number of aromatic amines is 1. The number of amides is 4. The summed E-state index contributed by atoms with van der Waals surface area (Å²) in [6, 6.07) is 9.55. The zero-order chi connectivity index (χ0) is 23.7.